The summed E-state index contributed by atoms with van der Waals surface area (Å²) in [7, 11) is 0. The van der Waals surface area contributed by atoms with Crippen LogP contribution in [-0.2, 0) is 0 Å². The summed E-state index contributed by atoms with van der Waals surface area (Å²) in [6, 6.07) is 0. The molecule has 54 valence electrons. The fourth-order valence-electron chi connectivity index (χ4n) is 0.697. The number of carboxylic acid groups (broad SMARTS) is 1. The van der Waals surface area contributed by atoms with Gasteiger partial charge in [-0.1, -0.05) is 0 Å². The number of H-pyrrole nitrogens is 1. The lowest BCUT2D eigenvalue weighted by atomic mass is 10.2. The number of nitrogens with zero attached hydrogens (tertiary/aromatic N) is 1. The Bertz CT molecular complexity index is 265. The first-order valence-corrected chi connectivity index (χ1v) is 2.87. The van der Waals surface area contributed by atoms with Crippen molar-refractivity contribution < 1.29 is 9.90 Å². The van der Waals surface area contributed by atoms with Crippen molar-refractivity contribution in [3.05, 3.63) is 17.0 Å². The number of aromatic nitrogens is 2. The maximum absolute atomic E-state index is 10.4. The third kappa shape index (κ3) is 0.877. The van der Waals surface area contributed by atoms with Gasteiger partial charge in [0.05, 0.1) is 5.69 Å². The summed E-state index contributed by atoms with van der Waals surface area (Å²) in [6.45, 7) is 3.49. The van der Waals surface area contributed by atoms with E-state index in [2.05, 4.69) is 10.2 Å². The van der Waals surface area contributed by atoms with Crippen molar-refractivity contribution in [3.63, 3.8) is 0 Å². The molecule has 10 heavy (non-hydrogen) atoms. The van der Waals surface area contributed by atoms with Gasteiger partial charge in [-0.15, -0.1) is 0 Å². The van der Waals surface area contributed by atoms with Crippen LogP contribution in [0.15, 0.2) is 0 Å². The van der Waals surface area contributed by atoms with Crippen LogP contribution in [0.25, 0.3) is 0 Å². The summed E-state index contributed by atoms with van der Waals surface area (Å²) in [5.74, 6) is -0.960. The zero-order valence-electron chi connectivity index (χ0n) is 5.80. The van der Waals surface area contributed by atoms with Crippen molar-refractivity contribution in [2.24, 2.45) is 0 Å². The van der Waals surface area contributed by atoms with Crippen molar-refractivity contribution in [2.45, 2.75) is 13.8 Å². The van der Waals surface area contributed by atoms with E-state index in [4.69, 9.17) is 5.11 Å². The first-order valence-electron chi connectivity index (χ1n) is 2.87. The molecular formula is C6H8N2O2. The third-order valence-corrected chi connectivity index (χ3v) is 1.47. The second kappa shape index (κ2) is 2.13. The number of rotatable bonds is 1. The fraction of sp³-hybridized carbons (Fsp3) is 0.333. The average Bonchev–Trinajstić information content (AvgIpc) is 2.14. The SMILES string of the molecule is Cc1n[nH]c(C(=O)O)c1C. The number of aromatic amines is 1. The van der Waals surface area contributed by atoms with Crippen LogP contribution in [0.4, 0.5) is 0 Å². The highest BCUT2D eigenvalue weighted by Gasteiger charge is 2.10. The van der Waals surface area contributed by atoms with Gasteiger partial charge in [-0.3, -0.25) is 5.10 Å². The second-order valence-corrected chi connectivity index (χ2v) is 2.11. The molecule has 0 saturated heterocycles. The second-order valence-electron chi connectivity index (χ2n) is 2.11. The molecule has 1 aromatic rings. The standard InChI is InChI=1S/C6H8N2O2/c1-3-4(2)7-8-5(3)6(9)10/h1-2H3,(H,7,8)(H,9,10). The van der Waals surface area contributed by atoms with Crippen LogP contribution < -0.4 is 0 Å². The van der Waals surface area contributed by atoms with Gasteiger partial charge >= 0.3 is 5.97 Å². The topological polar surface area (TPSA) is 66.0 Å². The molecule has 1 rings (SSSR count). The van der Waals surface area contributed by atoms with Gasteiger partial charge < -0.3 is 5.11 Å². The highest BCUT2D eigenvalue weighted by Crippen LogP contribution is 2.06. The molecule has 0 aromatic carbocycles. The average molecular weight is 140 g/mol. The normalized spacial score (nSPS) is 9.80. The van der Waals surface area contributed by atoms with Crippen molar-refractivity contribution in [2.75, 3.05) is 0 Å². The van der Waals surface area contributed by atoms with Gasteiger partial charge in [-0.25, -0.2) is 4.79 Å². The minimum absolute atomic E-state index is 0.178. The number of nitrogens with one attached hydrogen (secondary N) is 1. The molecule has 0 radical (unpaired) electrons. The quantitative estimate of drug-likeness (QED) is 0.604. The zero-order chi connectivity index (χ0) is 7.72. The van der Waals surface area contributed by atoms with Crippen LogP contribution in [-0.4, -0.2) is 21.3 Å². The molecule has 1 aromatic heterocycles. The number of aromatic carboxylic acids is 1. The Balaban J connectivity index is 3.17. The Morgan fingerprint density at radius 2 is 2.20 bits per heavy atom. The molecule has 0 aliphatic carbocycles. The number of aryl methyl sites for hydroxylation is 1. The van der Waals surface area contributed by atoms with E-state index in [9.17, 15) is 4.79 Å². The van der Waals surface area contributed by atoms with Gasteiger partial charge in [0.1, 0.15) is 5.69 Å². The fourth-order valence-corrected chi connectivity index (χ4v) is 0.697. The van der Waals surface area contributed by atoms with E-state index in [1.165, 1.54) is 0 Å². The Hall–Kier alpha value is -1.32. The van der Waals surface area contributed by atoms with Crippen molar-refractivity contribution in [1.82, 2.24) is 10.2 Å². The molecule has 4 nitrogen and oxygen atoms in total. The van der Waals surface area contributed by atoms with Gasteiger partial charge in [0, 0.05) is 5.56 Å². The molecule has 0 aliphatic rings. The molecule has 2 N–H and O–H groups in total. The minimum atomic E-state index is -0.960. The first kappa shape index (κ1) is 6.80. The summed E-state index contributed by atoms with van der Waals surface area (Å²) in [5.41, 5.74) is 1.61. The predicted molar refractivity (Wildman–Crippen MR) is 35.0 cm³/mol. The molecule has 0 amide bonds. The van der Waals surface area contributed by atoms with Gasteiger partial charge in [-0.05, 0) is 13.8 Å². The summed E-state index contributed by atoms with van der Waals surface area (Å²) in [5, 5.41) is 14.7. The molecule has 0 aliphatic heterocycles. The summed E-state index contributed by atoms with van der Waals surface area (Å²) in [4.78, 5) is 10.4. The van der Waals surface area contributed by atoms with Crippen molar-refractivity contribution in [3.8, 4) is 0 Å². The van der Waals surface area contributed by atoms with Gasteiger partial charge in [0.2, 0.25) is 0 Å². The monoisotopic (exact) mass is 140 g/mol. The Labute approximate surface area is 57.9 Å². The molecule has 0 atom stereocenters. The zero-order valence-corrected chi connectivity index (χ0v) is 5.80. The lowest BCUT2D eigenvalue weighted by molar-refractivity contribution is 0.0689. The maximum atomic E-state index is 10.4. The van der Waals surface area contributed by atoms with E-state index < -0.39 is 5.97 Å². The van der Waals surface area contributed by atoms with E-state index in [0.717, 1.165) is 5.69 Å². The number of hydrogen-bond donors (Lipinski definition) is 2. The Morgan fingerprint density at radius 1 is 1.60 bits per heavy atom. The minimum Gasteiger partial charge on any atom is -0.477 e. The van der Waals surface area contributed by atoms with Crippen LogP contribution in [0.1, 0.15) is 21.7 Å². The first-order chi connectivity index (χ1) is 4.63. The van der Waals surface area contributed by atoms with Crippen LogP contribution in [0.2, 0.25) is 0 Å². The summed E-state index contributed by atoms with van der Waals surface area (Å²) in [6.07, 6.45) is 0. The van der Waals surface area contributed by atoms with Crippen molar-refractivity contribution in [1.29, 1.82) is 0 Å². The molecule has 1 heterocycles. The predicted octanol–water partition coefficient (Wildman–Crippen LogP) is 0.725. The van der Waals surface area contributed by atoms with E-state index >= 15 is 0 Å². The molecule has 0 bridgehead atoms. The number of hydrogen-bond acceptors (Lipinski definition) is 2. The summed E-state index contributed by atoms with van der Waals surface area (Å²) >= 11 is 0. The highest BCUT2D eigenvalue weighted by molar-refractivity contribution is 5.87. The molecule has 4 heteroatoms. The number of carboxylic acids is 1. The molecule has 0 fully saturated rings. The number of carbonyl (C=O) groups is 1. The van der Waals surface area contributed by atoms with E-state index in [-0.39, 0.29) is 5.69 Å². The van der Waals surface area contributed by atoms with Crippen LogP contribution in [0.3, 0.4) is 0 Å². The lowest BCUT2D eigenvalue weighted by Gasteiger charge is -1.87. The molecular weight excluding hydrogens is 132 g/mol. The van der Waals surface area contributed by atoms with Gasteiger partial charge in [0.15, 0.2) is 0 Å². The highest BCUT2D eigenvalue weighted by atomic mass is 16.4. The largest absolute Gasteiger partial charge is 0.477 e. The van der Waals surface area contributed by atoms with Crippen molar-refractivity contribution >= 4 is 5.97 Å². The van der Waals surface area contributed by atoms with E-state index in [0.29, 0.717) is 5.56 Å². The van der Waals surface area contributed by atoms with E-state index in [1.807, 2.05) is 0 Å². The van der Waals surface area contributed by atoms with E-state index in [1.54, 1.807) is 13.8 Å². The molecule has 0 saturated carbocycles. The summed E-state index contributed by atoms with van der Waals surface area (Å²) < 4.78 is 0. The third-order valence-electron chi connectivity index (χ3n) is 1.47. The lowest BCUT2D eigenvalue weighted by Crippen LogP contribution is -1.98. The van der Waals surface area contributed by atoms with Crippen LogP contribution in [0.5, 0.6) is 0 Å². The maximum Gasteiger partial charge on any atom is 0.354 e. The van der Waals surface area contributed by atoms with Gasteiger partial charge in [0.25, 0.3) is 0 Å². The smallest absolute Gasteiger partial charge is 0.354 e. The van der Waals surface area contributed by atoms with Crippen LogP contribution >= 0.6 is 0 Å². The Kier molecular flexibility index (Phi) is 1.45. The Morgan fingerprint density at radius 3 is 2.40 bits per heavy atom. The van der Waals surface area contributed by atoms with Crippen LogP contribution in [0, 0.1) is 13.8 Å². The molecule has 0 unspecified atom stereocenters. The van der Waals surface area contributed by atoms with Gasteiger partial charge in [-0.2, -0.15) is 5.10 Å². The molecule has 0 spiro atoms.